The first-order valence-corrected chi connectivity index (χ1v) is 8.65. The predicted octanol–water partition coefficient (Wildman–Crippen LogP) is 2.79. The van der Waals surface area contributed by atoms with E-state index < -0.39 is 17.7 Å². The lowest BCUT2D eigenvalue weighted by atomic mass is 10.0. The van der Waals surface area contributed by atoms with Crippen molar-refractivity contribution in [2.45, 2.75) is 64.9 Å². The van der Waals surface area contributed by atoms with E-state index in [9.17, 15) is 9.59 Å². The maximum absolute atomic E-state index is 12.2. The SMILES string of the molecule is CSC(C)CCNC(=O)C(NC(=O)OC(C)(C)C)C(C)C. The Balaban J connectivity index is 4.41. The topological polar surface area (TPSA) is 67.4 Å². The summed E-state index contributed by atoms with van der Waals surface area (Å²) < 4.78 is 5.20. The van der Waals surface area contributed by atoms with Crippen LogP contribution in [0.5, 0.6) is 0 Å². The molecule has 0 rings (SSSR count). The van der Waals surface area contributed by atoms with Gasteiger partial charge in [-0.2, -0.15) is 11.8 Å². The number of alkyl carbamates (subject to hydrolysis) is 1. The Hall–Kier alpha value is -0.910. The molecular weight excluding hydrogens is 288 g/mol. The number of rotatable bonds is 7. The summed E-state index contributed by atoms with van der Waals surface area (Å²) >= 11 is 1.77. The van der Waals surface area contributed by atoms with Crippen molar-refractivity contribution in [3.05, 3.63) is 0 Å². The third-order valence-electron chi connectivity index (χ3n) is 2.87. The zero-order valence-electron chi connectivity index (χ0n) is 14.3. The molecular formula is C15H30N2O3S. The number of amides is 2. The second kappa shape index (κ2) is 9.18. The summed E-state index contributed by atoms with van der Waals surface area (Å²) in [7, 11) is 0. The Labute approximate surface area is 133 Å². The van der Waals surface area contributed by atoms with Crippen molar-refractivity contribution in [1.82, 2.24) is 10.6 Å². The Bertz CT molecular complexity index is 340. The molecule has 0 saturated carbocycles. The molecule has 0 spiro atoms. The van der Waals surface area contributed by atoms with Crippen molar-refractivity contribution in [1.29, 1.82) is 0 Å². The van der Waals surface area contributed by atoms with Crippen LogP contribution in [0.15, 0.2) is 0 Å². The number of ether oxygens (including phenoxy) is 1. The molecule has 0 aliphatic heterocycles. The van der Waals surface area contributed by atoms with E-state index in [4.69, 9.17) is 4.74 Å². The van der Waals surface area contributed by atoms with E-state index in [0.29, 0.717) is 11.8 Å². The molecule has 5 nitrogen and oxygen atoms in total. The van der Waals surface area contributed by atoms with E-state index in [1.165, 1.54) is 0 Å². The Morgan fingerprint density at radius 1 is 1.19 bits per heavy atom. The summed E-state index contributed by atoms with van der Waals surface area (Å²) in [5, 5.41) is 6.02. The molecule has 0 saturated heterocycles. The summed E-state index contributed by atoms with van der Waals surface area (Å²) in [4.78, 5) is 24.0. The van der Waals surface area contributed by atoms with Gasteiger partial charge >= 0.3 is 6.09 Å². The summed E-state index contributed by atoms with van der Waals surface area (Å²) in [5.41, 5.74) is -0.574. The fourth-order valence-electron chi connectivity index (χ4n) is 1.60. The van der Waals surface area contributed by atoms with Gasteiger partial charge in [0.1, 0.15) is 11.6 Å². The molecule has 0 aliphatic rings. The molecule has 6 heteroatoms. The second-order valence-electron chi connectivity index (χ2n) is 6.49. The lowest BCUT2D eigenvalue weighted by Crippen LogP contribution is -2.51. The molecule has 0 radical (unpaired) electrons. The molecule has 0 bridgehead atoms. The number of carbonyl (C=O) groups excluding carboxylic acids is 2. The minimum atomic E-state index is -0.579. The van der Waals surface area contributed by atoms with Gasteiger partial charge in [0.2, 0.25) is 5.91 Å². The molecule has 0 aromatic carbocycles. The Kier molecular flexibility index (Phi) is 8.78. The highest BCUT2D eigenvalue weighted by Gasteiger charge is 2.26. The molecule has 2 unspecified atom stereocenters. The third kappa shape index (κ3) is 9.61. The van der Waals surface area contributed by atoms with Crippen LogP contribution in [0.1, 0.15) is 48.0 Å². The van der Waals surface area contributed by atoms with Gasteiger partial charge in [0.15, 0.2) is 0 Å². The van der Waals surface area contributed by atoms with Crippen LogP contribution in [0.2, 0.25) is 0 Å². The highest BCUT2D eigenvalue weighted by Crippen LogP contribution is 2.10. The number of thioether (sulfide) groups is 1. The van der Waals surface area contributed by atoms with Crippen LogP contribution in [0.25, 0.3) is 0 Å². The van der Waals surface area contributed by atoms with Gasteiger partial charge in [0.05, 0.1) is 0 Å². The normalized spacial score (nSPS) is 14.5. The van der Waals surface area contributed by atoms with Crippen LogP contribution in [-0.2, 0) is 9.53 Å². The van der Waals surface area contributed by atoms with Crippen LogP contribution < -0.4 is 10.6 Å². The first-order chi connectivity index (χ1) is 9.56. The average Bonchev–Trinajstić information content (AvgIpc) is 2.32. The van der Waals surface area contributed by atoms with Gasteiger partial charge in [-0.3, -0.25) is 4.79 Å². The van der Waals surface area contributed by atoms with Crippen molar-refractivity contribution >= 4 is 23.8 Å². The molecule has 21 heavy (non-hydrogen) atoms. The summed E-state index contributed by atoms with van der Waals surface area (Å²) in [5.74, 6) is -0.167. The first-order valence-electron chi connectivity index (χ1n) is 7.36. The Morgan fingerprint density at radius 3 is 2.19 bits per heavy atom. The maximum atomic E-state index is 12.2. The monoisotopic (exact) mass is 318 g/mol. The Morgan fingerprint density at radius 2 is 1.76 bits per heavy atom. The van der Waals surface area contributed by atoms with Crippen LogP contribution in [0.4, 0.5) is 4.79 Å². The van der Waals surface area contributed by atoms with Gasteiger partial charge in [0, 0.05) is 11.8 Å². The van der Waals surface area contributed by atoms with Crippen LogP contribution >= 0.6 is 11.8 Å². The zero-order chi connectivity index (χ0) is 16.6. The molecule has 124 valence electrons. The molecule has 0 aromatic rings. The van der Waals surface area contributed by atoms with Crippen molar-refractivity contribution in [3.8, 4) is 0 Å². The number of hydrogen-bond donors (Lipinski definition) is 2. The van der Waals surface area contributed by atoms with Gasteiger partial charge in [-0.1, -0.05) is 20.8 Å². The lowest BCUT2D eigenvalue weighted by Gasteiger charge is -2.25. The van der Waals surface area contributed by atoms with Crippen molar-refractivity contribution in [2.24, 2.45) is 5.92 Å². The van der Waals surface area contributed by atoms with E-state index in [1.807, 2.05) is 20.1 Å². The summed E-state index contributed by atoms with van der Waals surface area (Å²) in [6, 6.07) is -0.579. The van der Waals surface area contributed by atoms with Gasteiger partial charge in [0.25, 0.3) is 0 Å². The molecule has 0 aromatic heterocycles. The molecule has 2 amide bonds. The zero-order valence-corrected chi connectivity index (χ0v) is 15.1. The minimum absolute atomic E-state index is 0.00417. The smallest absolute Gasteiger partial charge is 0.408 e. The number of carbonyl (C=O) groups is 2. The quantitative estimate of drug-likeness (QED) is 0.757. The van der Waals surface area contributed by atoms with Crippen LogP contribution in [0.3, 0.4) is 0 Å². The summed E-state index contributed by atoms with van der Waals surface area (Å²) in [6.45, 7) is 11.9. The molecule has 0 fully saturated rings. The fraction of sp³-hybridized carbons (Fsp3) is 0.867. The van der Waals surface area contributed by atoms with E-state index in [-0.39, 0.29) is 11.8 Å². The number of nitrogens with one attached hydrogen (secondary N) is 2. The van der Waals surface area contributed by atoms with Crippen LogP contribution in [0, 0.1) is 5.92 Å². The lowest BCUT2D eigenvalue weighted by molar-refractivity contribution is -0.124. The fourth-order valence-corrected chi connectivity index (χ4v) is 1.95. The largest absolute Gasteiger partial charge is 0.444 e. The van der Waals surface area contributed by atoms with E-state index >= 15 is 0 Å². The highest BCUT2D eigenvalue weighted by molar-refractivity contribution is 7.99. The molecule has 0 aliphatic carbocycles. The van der Waals surface area contributed by atoms with Crippen molar-refractivity contribution in [2.75, 3.05) is 12.8 Å². The predicted molar refractivity (Wildman–Crippen MR) is 88.6 cm³/mol. The highest BCUT2D eigenvalue weighted by atomic mass is 32.2. The first kappa shape index (κ1) is 20.1. The minimum Gasteiger partial charge on any atom is -0.444 e. The van der Waals surface area contributed by atoms with Gasteiger partial charge in [-0.25, -0.2) is 4.79 Å². The summed E-state index contributed by atoms with van der Waals surface area (Å²) in [6.07, 6.45) is 2.39. The number of hydrogen-bond acceptors (Lipinski definition) is 4. The van der Waals surface area contributed by atoms with Crippen LogP contribution in [-0.4, -0.2) is 41.7 Å². The van der Waals surface area contributed by atoms with Crippen molar-refractivity contribution < 1.29 is 14.3 Å². The van der Waals surface area contributed by atoms with Gasteiger partial charge < -0.3 is 15.4 Å². The third-order valence-corrected chi connectivity index (χ3v) is 3.91. The van der Waals surface area contributed by atoms with Crippen molar-refractivity contribution in [3.63, 3.8) is 0 Å². The van der Waals surface area contributed by atoms with Gasteiger partial charge in [-0.15, -0.1) is 0 Å². The molecule has 2 atom stereocenters. The van der Waals surface area contributed by atoms with E-state index in [2.05, 4.69) is 17.6 Å². The van der Waals surface area contributed by atoms with E-state index in [1.54, 1.807) is 32.5 Å². The van der Waals surface area contributed by atoms with E-state index in [0.717, 1.165) is 6.42 Å². The molecule has 0 heterocycles. The second-order valence-corrected chi connectivity index (χ2v) is 7.77. The molecule has 2 N–H and O–H groups in total. The van der Waals surface area contributed by atoms with Gasteiger partial charge in [-0.05, 0) is 39.4 Å². The average molecular weight is 318 g/mol. The maximum Gasteiger partial charge on any atom is 0.408 e. The standard InChI is InChI=1S/C15H30N2O3S/c1-10(2)12(17-14(19)20-15(4,5)6)13(18)16-9-8-11(3)21-7/h10-12H,8-9H2,1-7H3,(H,16,18)(H,17,19).